The third kappa shape index (κ3) is 2.68. The molecule has 0 aliphatic heterocycles. The zero-order chi connectivity index (χ0) is 18.3. The molecule has 2 aromatic carbocycles. The number of hydrogen-bond donors (Lipinski definition) is 1. The Balaban J connectivity index is 1.93. The molecule has 0 radical (unpaired) electrons. The minimum atomic E-state index is -1.07. The predicted octanol–water partition coefficient (Wildman–Crippen LogP) is 4.05. The van der Waals surface area contributed by atoms with Crippen LogP contribution in [0.4, 0.5) is 0 Å². The molecule has 0 fully saturated rings. The lowest BCUT2D eigenvalue weighted by Crippen LogP contribution is -2.00. The maximum atomic E-state index is 11.7. The van der Waals surface area contributed by atoms with Gasteiger partial charge in [-0.15, -0.1) is 11.3 Å². The second-order valence-corrected chi connectivity index (χ2v) is 6.57. The summed E-state index contributed by atoms with van der Waals surface area (Å²) < 4.78 is 1.64. The van der Waals surface area contributed by atoms with Crippen molar-refractivity contribution in [3.8, 4) is 16.4 Å². The molecule has 2 aromatic heterocycles. The summed E-state index contributed by atoms with van der Waals surface area (Å²) >= 11 is 1.22. The Labute approximate surface area is 152 Å². The molecule has 0 atom stereocenters. The highest BCUT2D eigenvalue weighted by atomic mass is 32.1. The summed E-state index contributed by atoms with van der Waals surface area (Å²) in [7, 11) is 0. The van der Waals surface area contributed by atoms with E-state index < -0.39 is 5.97 Å². The van der Waals surface area contributed by atoms with Crippen molar-refractivity contribution >= 4 is 34.0 Å². The van der Waals surface area contributed by atoms with Crippen LogP contribution in [0.15, 0.2) is 53.9 Å². The van der Waals surface area contributed by atoms with E-state index in [1.807, 2.05) is 42.5 Å². The topological polar surface area (TPSA) is 85.1 Å². The van der Waals surface area contributed by atoms with Crippen LogP contribution in [-0.4, -0.2) is 31.6 Å². The van der Waals surface area contributed by atoms with Crippen LogP contribution in [0.2, 0.25) is 0 Å². The molecule has 6 nitrogen and oxygen atoms in total. The first-order chi connectivity index (χ1) is 12.5. The lowest BCUT2D eigenvalue weighted by molar-refractivity contribution is 0.0691. The smallest absolute Gasteiger partial charge is 0.355 e. The predicted molar refractivity (Wildman–Crippen MR) is 99.1 cm³/mol. The van der Waals surface area contributed by atoms with Gasteiger partial charge in [0.15, 0.2) is 11.5 Å². The quantitative estimate of drug-likeness (QED) is 0.553. The van der Waals surface area contributed by atoms with Crippen molar-refractivity contribution in [1.82, 2.24) is 14.8 Å². The van der Waals surface area contributed by atoms with Gasteiger partial charge in [-0.05, 0) is 19.1 Å². The summed E-state index contributed by atoms with van der Waals surface area (Å²) in [5.74, 6) is -1.08. The van der Waals surface area contributed by atoms with Gasteiger partial charge in [-0.3, -0.25) is 4.79 Å². The molecule has 2 heterocycles. The number of aromatic carboxylic acids is 1. The van der Waals surface area contributed by atoms with E-state index in [0.717, 1.165) is 22.2 Å². The van der Waals surface area contributed by atoms with E-state index in [-0.39, 0.29) is 11.5 Å². The standard InChI is InChI=1S/C19H13N3O3S/c1-11(23)12-5-4-6-13(9-12)17-14-7-2-3-8-16(14)22(21-17)19-20-15(10-26-19)18(24)25/h2-10H,1H3,(H,24,25). The van der Waals surface area contributed by atoms with Gasteiger partial charge in [0.05, 0.1) is 5.52 Å². The molecular formula is C19H13N3O3S. The van der Waals surface area contributed by atoms with Crippen molar-refractivity contribution in [1.29, 1.82) is 0 Å². The zero-order valence-corrected chi connectivity index (χ0v) is 14.5. The number of thiazole rings is 1. The SMILES string of the molecule is CC(=O)c1cccc(-c2nn(-c3nc(C(=O)O)cs3)c3ccccc23)c1. The molecule has 7 heteroatoms. The summed E-state index contributed by atoms with van der Waals surface area (Å²) in [6.07, 6.45) is 0. The van der Waals surface area contributed by atoms with Gasteiger partial charge < -0.3 is 5.11 Å². The Bertz CT molecular complexity index is 1160. The Morgan fingerprint density at radius 3 is 2.65 bits per heavy atom. The number of rotatable bonds is 4. The first-order valence-electron chi connectivity index (χ1n) is 7.83. The van der Waals surface area contributed by atoms with Gasteiger partial charge in [0.2, 0.25) is 5.13 Å². The van der Waals surface area contributed by atoms with Crippen molar-refractivity contribution in [2.45, 2.75) is 6.92 Å². The molecule has 0 unspecified atom stereocenters. The molecule has 0 aliphatic carbocycles. The first kappa shape index (κ1) is 16.2. The summed E-state index contributed by atoms with van der Waals surface area (Å²) in [6, 6.07) is 15.0. The van der Waals surface area contributed by atoms with Crippen molar-refractivity contribution in [2.24, 2.45) is 0 Å². The normalized spacial score (nSPS) is 11.0. The number of nitrogens with zero attached hydrogens (tertiary/aromatic N) is 3. The van der Waals surface area contributed by atoms with Crippen LogP contribution in [0.5, 0.6) is 0 Å². The van der Waals surface area contributed by atoms with Gasteiger partial charge in [0, 0.05) is 21.9 Å². The third-order valence-electron chi connectivity index (χ3n) is 4.02. The number of Topliss-reactive ketones (excluding diaryl/α,β-unsaturated/α-hetero) is 1. The Hall–Kier alpha value is -3.32. The Kier molecular flexibility index (Phi) is 3.85. The van der Waals surface area contributed by atoms with Crippen molar-refractivity contribution in [3.63, 3.8) is 0 Å². The van der Waals surface area contributed by atoms with Crippen LogP contribution < -0.4 is 0 Å². The van der Waals surface area contributed by atoms with Crippen LogP contribution >= 0.6 is 11.3 Å². The minimum Gasteiger partial charge on any atom is -0.476 e. The van der Waals surface area contributed by atoms with E-state index in [1.165, 1.54) is 23.6 Å². The average Bonchev–Trinajstić information content (AvgIpc) is 3.27. The van der Waals surface area contributed by atoms with Crippen LogP contribution in [0, 0.1) is 0 Å². The number of para-hydroxylation sites is 1. The monoisotopic (exact) mass is 363 g/mol. The number of carboxylic acids is 1. The van der Waals surface area contributed by atoms with Gasteiger partial charge in [-0.2, -0.15) is 5.10 Å². The van der Waals surface area contributed by atoms with Crippen LogP contribution in [0.3, 0.4) is 0 Å². The number of benzene rings is 2. The molecule has 4 aromatic rings. The lowest BCUT2D eigenvalue weighted by Gasteiger charge is -2.00. The number of carboxylic acid groups (broad SMARTS) is 1. The third-order valence-corrected chi connectivity index (χ3v) is 4.84. The molecule has 0 spiro atoms. The van der Waals surface area contributed by atoms with E-state index in [0.29, 0.717) is 10.7 Å². The van der Waals surface area contributed by atoms with Gasteiger partial charge in [-0.25, -0.2) is 14.5 Å². The zero-order valence-electron chi connectivity index (χ0n) is 13.7. The second-order valence-electron chi connectivity index (χ2n) is 5.74. The molecule has 0 bridgehead atoms. The first-order valence-corrected chi connectivity index (χ1v) is 8.71. The number of carbonyl (C=O) groups is 2. The molecule has 0 saturated heterocycles. The highest BCUT2D eigenvalue weighted by Gasteiger charge is 2.17. The van der Waals surface area contributed by atoms with Gasteiger partial charge >= 0.3 is 5.97 Å². The van der Waals surface area contributed by atoms with E-state index in [9.17, 15) is 9.59 Å². The number of fused-ring (bicyclic) bond motifs is 1. The van der Waals surface area contributed by atoms with Crippen molar-refractivity contribution in [2.75, 3.05) is 0 Å². The summed E-state index contributed by atoms with van der Waals surface area (Å²) in [5.41, 5.74) is 2.97. The van der Waals surface area contributed by atoms with Crippen LogP contribution in [0.25, 0.3) is 27.3 Å². The van der Waals surface area contributed by atoms with Gasteiger partial charge in [-0.1, -0.05) is 36.4 Å². The van der Waals surface area contributed by atoms with Crippen LogP contribution in [-0.2, 0) is 0 Å². The fourth-order valence-corrected chi connectivity index (χ4v) is 3.53. The number of ketones is 1. The van der Waals surface area contributed by atoms with E-state index >= 15 is 0 Å². The maximum Gasteiger partial charge on any atom is 0.355 e. The molecule has 0 aliphatic rings. The molecule has 1 N–H and O–H groups in total. The van der Waals surface area contributed by atoms with E-state index in [4.69, 9.17) is 5.11 Å². The molecular weight excluding hydrogens is 350 g/mol. The molecule has 128 valence electrons. The summed E-state index contributed by atoms with van der Waals surface area (Å²) in [6.45, 7) is 1.53. The lowest BCUT2D eigenvalue weighted by atomic mass is 10.0. The summed E-state index contributed by atoms with van der Waals surface area (Å²) in [5, 5.41) is 16.6. The molecule has 0 amide bonds. The van der Waals surface area contributed by atoms with Gasteiger partial charge in [0.25, 0.3) is 0 Å². The largest absolute Gasteiger partial charge is 0.476 e. The Morgan fingerprint density at radius 1 is 1.12 bits per heavy atom. The minimum absolute atomic E-state index is 0.00953. The summed E-state index contributed by atoms with van der Waals surface area (Å²) in [4.78, 5) is 27.0. The maximum absolute atomic E-state index is 11.7. The fraction of sp³-hybridized carbons (Fsp3) is 0.0526. The second kappa shape index (κ2) is 6.20. The van der Waals surface area contributed by atoms with Gasteiger partial charge in [0.1, 0.15) is 5.69 Å². The van der Waals surface area contributed by atoms with E-state index in [1.54, 1.807) is 10.7 Å². The fourth-order valence-electron chi connectivity index (χ4n) is 2.77. The molecule has 4 rings (SSSR count). The molecule has 26 heavy (non-hydrogen) atoms. The number of hydrogen-bond acceptors (Lipinski definition) is 5. The average molecular weight is 363 g/mol. The van der Waals surface area contributed by atoms with E-state index in [2.05, 4.69) is 10.1 Å². The van der Waals surface area contributed by atoms with Crippen LogP contribution in [0.1, 0.15) is 27.8 Å². The Morgan fingerprint density at radius 2 is 1.92 bits per heavy atom. The van der Waals surface area contributed by atoms with Crippen molar-refractivity contribution < 1.29 is 14.7 Å². The number of carbonyl (C=O) groups excluding carboxylic acids is 1. The highest BCUT2D eigenvalue weighted by molar-refractivity contribution is 7.12. The van der Waals surface area contributed by atoms with Crippen molar-refractivity contribution in [3.05, 3.63) is 65.2 Å². The molecule has 0 saturated carbocycles. The number of aromatic nitrogens is 3. The highest BCUT2D eigenvalue weighted by Crippen LogP contribution is 2.31.